The second-order valence-corrected chi connectivity index (χ2v) is 6.52. The SMILES string of the molecule is O=C(NCC(F)(F)F)c1ccc(NC(=O)c2ccc(C#Cc3ccccc3)cc2)cc1. The molecule has 0 aromatic heterocycles. The maximum Gasteiger partial charge on any atom is 0.405 e. The van der Waals surface area contributed by atoms with Crippen molar-refractivity contribution in [3.8, 4) is 11.8 Å². The first-order valence-corrected chi connectivity index (χ1v) is 9.24. The molecule has 0 saturated heterocycles. The first kappa shape index (κ1) is 21.7. The van der Waals surface area contributed by atoms with Gasteiger partial charge in [-0.25, -0.2) is 0 Å². The fourth-order valence-corrected chi connectivity index (χ4v) is 2.56. The van der Waals surface area contributed by atoms with Crippen LogP contribution in [0, 0.1) is 11.8 Å². The van der Waals surface area contributed by atoms with Gasteiger partial charge in [-0.15, -0.1) is 0 Å². The van der Waals surface area contributed by atoms with Crippen molar-refractivity contribution in [1.82, 2.24) is 5.32 Å². The molecular weight excluding hydrogens is 405 g/mol. The number of rotatable bonds is 4. The Morgan fingerprint density at radius 2 is 1.23 bits per heavy atom. The predicted octanol–water partition coefficient (Wildman–Crippen LogP) is 4.63. The third-order valence-corrected chi connectivity index (χ3v) is 4.13. The molecule has 0 saturated carbocycles. The van der Waals surface area contributed by atoms with Gasteiger partial charge in [-0.2, -0.15) is 13.2 Å². The Morgan fingerprint density at radius 3 is 1.81 bits per heavy atom. The van der Waals surface area contributed by atoms with Crippen LogP contribution in [0.5, 0.6) is 0 Å². The summed E-state index contributed by atoms with van der Waals surface area (Å²) < 4.78 is 36.5. The number of hydrogen-bond acceptors (Lipinski definition) is 2. The Morgan fingerprint density at radius 1 is 0.710 bits per heavy atom. The minimum Gasteiger partial charge on any atom is -0.343 e. The summed E-state index contributed by atoms with van der Waals surface area (Å²) in [6.07, 6.45) is -4.48. The second-order valence-electron chi connectivity index (χ2n) is 6.52. The van der Waals surface area contributed by atoms with Crippen LogP contribution in [0.25, 0.3) is 0 Å². The van der Waals surface area contributed by atoms with Crippen molar-refractivity contribution < 1.29 is 22.8 Å². The lowest BCUT2D eigenvalue weighted by molar-refractivity contribution is -0.123. The molecule has 0 unspecified atom stereocenters. The van der Waals surface area contributed by atoms with E-state index in [-0.39, 0.29) is 11.5 Å². The zero-order valence-electron chi connectivity index (χ0n) is 16.2. The van der Waals surface area contributed by atoms with Gasteiger partial charge in [0.1, 0.15) is 6.54 Å². The van der Waals surface area contributed by atoms with Gasteiger partial charge in [0, 0.05) is 27.9 Å². The Labute approximate surface area is 177 Å². The van der Waals surface area contributed by atoms with Gasteiger partial charge in [-0.1, -0.05) is 30.0 Å². The third-order valence-electron chi connectivity index (χ3n) is 4.13. The van der Waals surface area contributed by atoms with Crippen LogP contribution in [0.3, 0.4) is 0 Å². The monoisotopic (exact) mass is 422 g/mol. The molecule has 7 heteroatoms. The van der Waals surface area contributed by atoms with E-state index >= 15 is 0 Å². The highest BCUT2D eigenvalue weighted by atomic mass is 19.4. The highest BCUT2D eigenvalue weighted by Gasteiger charge is 2.27. The van der Waals surface area contributed by atoms with Crippen molar-refractivity contribution >= 4 is 17.5 Å². The average molecular weight is 422 g/mol. The number of amides is 2. The molecule has 2 amide bonds. The molecule has 0 spiro atoms. The van der Waals surface area contributed by atoms with Gasteiger partial charge in [-0.05, 0) is 60.7 Å². The number of benzene rings is 3. The maximum absolute atomic E-state index is 12.4. The normalized spacial score (nSPS) is 10.5. The molecule has 0 aliphatic carbocycles. The first-order valence-electron chi connectivity index (χ1n) is 9.24. The van der Waals surface area contributed by atoms with Gasteiger partial charge in [0.25, 0.3) is 11.8 Å². The Balaban J connectivity index is 1.59. The molecule has 156 valence electrons. The van der Waals surface area contributed by atoms with E-state index in [9.17, 15) is 22.8 Å². The van der Waals surface area contributed by atoms with Crippen LogP contribution < -0.4 is 10.6 Å². The lowest BCUT2D eigenvalue weighted by Crippen LogP contribution is -2.33. The van der Waals surface area contributed by atoms with E-state index in [0.29, 0.717) is 11.3 Å². The van der Waals surface area contributed by atoms with Crippen LogP contribution in [0.4, 0.5) is 18.9 Å². The Kier molecular flexibility index (Phi) is 6.73. The molecule has 0 aliphatic rings. The average Bonchev–Trinajstić information content (AvgIpc) is 2.77. The van der Waals surface area contributed by atoms with Crippen LogP contribution in [0.15, 0.2) is 78.9 Å². The highest BCUT2D eigenvalue weighted by molar-refractivity contribution is 6.04. The van der Waals surface area contributed by atoms with Crippen LogP contribution in [0.1, 0.15) is 31.8 Å². The van der Waals surface area contributed by atoms with E-state index in [1.807, 2.05) is 30.3 Å². The van der Waals surface area contributed by atoms with E-state index in [2.05, 4.69) is 17.2 Å². The van der Waals surface area contributed by atoms with Crippen LogP contribution >= 0.6 is 0 Å². The minimum absolute atomic E-state index is 0.0589. The summed E-state index contributed by atoms with van der Waals surface area (Å²) in [6, 6.07) is 21.8. The topological polar surface area (TPSA) is 58.2 Å². The highest BCUT2D eigenvalue weighted by Crippen LogP contribution is 2.15. The fourth-order valence-electron chi connectivity index (χ4n) is 2.56. The van der Waals surface area contributed by atoms with E-state index < -0.39 is 18.6 Å². The van der Waals surface area contributed by atoms with Crippen molar-refractivity contribution in [3.05, 3.63) is 101 Å². The standard InChI is InChI=1S/C24H17F3N2O2/c25-24(26,27)16-28-22(30)19-12-14-21(15-13-19)29-23(31)20-10-8-18(9-11-20)7-6-17-4-2-1-3-5-17/h1-5,8-15H,16H2,(H,28,30)(H,29,31). The minimum atomic E-state index is -4.48. The molecule has 0 radical (unpaired) electrons. The summed E-state index contributed by atoms with van der Waals surface area (Å²) in [7, 11) is 0. The molecule has 0 atom stereocenters. The number of hydrogen-bond donors (Lipinski definition) is 2. The smallest absolute Gasteiger partial charge is 0.343 e. The molecule has 0 aliphatic heterocycles. The zero-order valence-corrected chi connectivity index (χ0v) is 16.2. The van der Waals surface area contributed by atoms with Crippen molar-refractivity contribution in [2.45, 2.75) is 6.18 Å². The number of halogens is 3. The van der Waals surface area contributed by atoms with Crippen molar-refractivity contribution in [3.63, 3.8) is 0 Å². The lowest BCUT2D eigenvalue weighted by atomic mass is 10.1. The molecule has 0 heterocycles. The summed E-state index contributed by atoms with van der Waals surface area (Å²) in [5, 5.41) is 4.46. The molecular formula is C24H17F3N2O2. The first-order chi connectivity index (χ1) is 14.8. The molecule has 31 heavy (non-hydrogen) atoms. The summed E-state index contributed by atoms with van der Waals surface area (Å²) >= 11 is 0. The Bertz CT molecular complexity index is 1110. The molecule has 4 nitrogen and oxygen atoms in total. The number of nitrogens with one attached hydrogen (secondary N) is 2. The Hall–Kier alpha value is -4.05. The molecule has 3 rings (SSSR count). The van der Waals surface area contributed by atoms with Crippen LogP contribution in [0.2, 0.25) is 0 Å². The fraction of sp³-hybridized carbons (Fsp3) is 0.0833. The largest absolute Gasteiger partial charge is 0.405 e. The maximum atomic E-state index is 12.4. The molecule has 2 N–H and O–H groups in total. The summed E-state index contributed by atoms with van der Waals surface area (Å²) in [6.45, 7) is -1.41. The van der Waals surface area contributed by atoms with E-state index in [1.54, 1.807) is 29.6 Å². The zero-order chi connectivity index (χ0) is 22.3. The van der Waals surface area contributed by atoms with Gasteiger partial charge in [0.05, 0.1) is 0 Å². The quantitative estimate of drug-likeness (QED) is 0.603. The van der Waals surface area contributed by atoms with Gasteiger partial charge >= 0.3 is 6.18 Å². The number of anilines is 1. The second kappa shape index (κ2) is 9.63. The van der Waals surface area contributed by atoms with E-state index in [1.165, 1.54) is 24.3 Å². The third kappa shape index (κ3) is 6.75. The summed E-state index contributed by atoms with van der Waals surface area (Å²) in [5.74, 6) is 4.85. The molecule has 3 aromatic carbocycles. The van der Waals surface area contributed by atoms with Crippen molar-refractivity contribution in [2.24, 2.45) is 0 Å². The van der Waals surface area contributed by atoms with E-state index in [0.717, 1.165) is 11.1 Å². The van der Waals surface area contributed by atoms with Gasteiger partial charge in [0.2, 0.25) is 0 Å². The van der Waals surface area contributed by atoms with Crippen LogP contribution in [-0.2, 0) is 0 Å². The van der Waals surface area contributed by atoms with Crippen molar-refractivity contribution in [1.29, 1.82) is 0 Å². The van der Waals surface area contributed by atoms with E-state index in [4.69, 9.17) is 0 Å². The predicted molar refractivity (Wildman–Crippen MR) is 112 cm³/mol. The summed E-state index contributed by atoms with van der Waals surface area (Å²) in [4.78, 5) is 24.1. The molecule has 0 bridgehead atoms. The van der Waals surface area contributed by atoms with Gasteiger partial charge < -0.3 is 10.6 Å². The molecule has 0 fully saturated rings. The molecule has 3 aromatic rings. The van der Waals surface area contributed by atoms with Crippen LogP contribution in [-0.4, -0.2) is 24.5 Å². The lowest BCUT2D eigenvalue weighted by Gasteiger charge is -2.09. The van der Waals surface area contributed by atoms with Gasteiger partial charge in [0.15, 0.2) is 0 Å². The van der Waals surface area contributed by atoms with Gasteiger partial charge in [-0.3, -0.25) is 9.59 Å². The number of carbonyl (C=O) groups is 2. The van der Waals surface area contributed by atoms with Crippen molar-refractivity contribution in [2.75, 3.05) is 11.9 Å². The summed E-state index contributed by atoms with van der Waals surface area (Å²) in [5.41, 5.74) is 2.53. The number of alkyl halides is 3. The number of carbonyl (C=O) groups excluding carboxylic acids is 2.